The van der Waals surface area contributed by atoms with Crippen molar-refractivity contribution in [1.82, 2.24) is 4.90 Å². The molecule has 0 N–H and O–H groups in total. The summed E-state index contributed by atoms with van der Waals surface area (Å²) in [6.45, 7) is 6.50. The van der Waals surface area contributed by atoms with Crippen molar-refractivity contribution in [3.8, 4) is 0 Å². The summed E-state index contributed by atoms with van der Waals surface area (Å²) in [4.78, 5) is 2.40. The Bertz CT molecular complexity index is 279. The van der Waals surface area contributed by atoms with Crippen LogP contribution in [-0.4, -0.2) is 44.0 Å². The van der Waals surface area contributed by atoms with Crippen molar-refractivity contribution in [3.05, 3.63) is 0 Å². The van der Waals surface area contributed by atoms with E-state index in [-0.39, 0.29) is 0 Å². The fraction of sp³-hybridized carbons (Fsp3) is 1.00. The van der Waals surface area contributed by atoms with Gasteiger partial charge in [0.15, 0.2) is 9.84 Å². The zero-order valence-electron chi connectivity index (χ0n) is 10.6. The van der Waals surface area contributed by atoms with E-state index in [1.807, 2.05) is 0 Å². The van der Waals surface area contributed by atoms with Crippen LogP contribution >= 0.6 is 0 Å². The van der Waals surface area contributed by atoms with E-state index in [2.05, 4.69) is 18.7 Å². The third-order valence-corrected chi connectivity index (χ3v) is 5.07. The Hall–Kier alpha value is -0.0900. The Balaban J connectivity index is 2.48. The highest BCUT2D eigenvalue weighted by Gasteiger charge is 2.31. The molecule has 0 aromatic heterocycles. The molecule has 0 bridgehead atoms. The molecule has 1 rings (SSSR count). The first-order valence-electron chi connectivity index (χ1n) is 6.53. The molecule has 0 amide bonds. The van der Waals surface area contributed by atoms with E-state index in [0.717, 1.165) is 19.5 Å². The van der Waals surface area contributed by atoms with E-state index >= 15 is 0 Å². The molecule has 96 valence electrons. The molecule has 0 spiro atoms. The van der Waals surface area contributed by atoms with Gasteiger partial charge in [0.25, 0.3) is 0 Å². The maximum atomic E-state index is 11.5. The van der Waals surface area contributed by atoms with E-state index in [1.165, 1.54) is 25.7 Å². The number of nitrogens with zero attached hydrogens (tertiary/aromatic N) is 1. The van der Waals surface area contributed by atoms with Crippen LogP contribution in [0.5, 0.6) is 0 Å². The van der Waals surface area contributed by atoms with Crippen molar-refractivity contribution >= 4 is 9.84 Å². The van der Waals surface area contributed by atoms with Crippen molar-refractivity contribution < 1.29 is 8.42 Å². The summed E-state index contributed by atoms with van der Waals surface area (Å²) >= 11 is 0. The third-order valence-electron chi connectivity index (χ3n) is 3.32. The number of sulfone groups is 1. The Labute approximate surface area is 100 Å². The first-order chi connectivity index (χ1) is 7.59. The molecule has 4 heteroatoms. The van der Waals surface area contributed by atoms with Crippen molar-refractivity contribution in [2.75, 3.05) is 24.6 Å². The Morgan fingerprint density at radius 1 is 1.12 bits per heavy atom. The molecule has 16 heavy (non-hydrogen) atoms. The van der Waals surface area contributed by atoms with E-state index in [0.29, 0.717) is 17.5 Å². The van der Waals surface area contributed by atoms with Crippen LogP contribution in [0.15, 0.2) is 0 Å². The second kappa shape index (κ2) is 6.60. The lowest BCUT2D eigenvalue weighted by Gasteiger charge is -2.27. The molecule has 0 radical (unpaired) electrons. The van der Waals surface area contributed by atoms with Gasteiger partial charge in [0.2, 0.25) is 0 Å². The van der Waals surface area contributed by atoms with Gasteiger partial charge in [-0.15, -0.1) is 0 Å². The van der Waals surface area contributed by atoms with Gasteiger partial charge in [0, 0.05) is 6.04 Å². The lowest BCUT2D eigenvalue weighted by Crippen LogP contribution is -2.37. The Kier molecular flexibility index (Phi) is 5.76. The average Bonchev–Trinajstić information content (AvgIpc) is 2.59. The second-order valence-electron chi connectivity index (χ2n) is 4.80. The zero-order chi connectivity index (χ0) is 12.0. The minimum Gasteiger partial charge on any atom is -0.299 e. The maximum Gasteiger partial charge on any atom is 0.151 e. The molecule has 1 heterocycles. The molecule has 0 unspecified atom stereocenters. The molecule has 1 fully saturated rings. The molecule has 1 atom stereocenters. The summed E-state index contributed by atoms with van der Waals surface area (Å²) in [6, 6.07) is 0.295. The van der Waals surface area contributed by atoms with E-state index in [4.69, 9.17) is 0 Å². The van der Waals surface area contributed by atoms with Crippen molar-refractivity contribution in [3.63, 3.8) is 0 Å². The quantitative estimate of drug-likeness (QED) is 0.691. The van der Waals surface area contributed by atoms with Crippen LogP contribution in [0.2, 0.25) is 0 Å². The molecule has 3 nitrogen and oxygen atoms in total. The smallest absolute Gasteiger partial charge is 0.151 e. The Morgan fingerprint density at radius 2 is 1.69 bits per heavy atom. The van der Waals surface area contributed by atoms with Gasteiger partial charge in [-0.1, -0.05) is 26.7 Å². The molecular weight excluding hydrogens is 222 g/mol. The summed E-state index contributed by atoms with van der Waals surface area (Å²) in [5.74, 6) is 0.785. The predicted octanol–water partition coefficient (Wildman–Crippen LogP) is 2.08. The van der Waals surface area contributed by atoms with Crippen LogP contribution in [0.3, 0.4) is 0 Å². The van der Waals surface area contributed by atoms with Crippen molar-refractivity contribution in [1.29, 1.82) is 0 Å². The summed E-state index contributed by atoms with van der Waals surface area (Å²) in [7, 11) is -2.73. The predicted molar refractivity (Wildman–Crippen MR) is 68.4 cm³/mol. The van der Waals surface area contributed by atoms with Gasteiger partial charge >= 0.3 is 0 Å². The second-order valence-corrected chi connectivity index (χ2v) is 7.03. The molecule has 0 aliphatic carbocycles. The van der Waals surface area contributed by atoms with E-state index < -0.39 is 9.84 Å². The van der Waals surface area contributed by atoms with Crippen LogP contribution in [0.4, 0.5) is 0 Å². The van der Waals surface area contributed by atoms with Crippen molar-refractivity contribution in [2.24, 2.45) is 0 Å². The molecule has 1 saturated heterocycles. The molecule has 0 aromatic rings. The SMILES string of the molecule is CCCCN(CCCC)[C@H]1CCS(=O)(=O)C1. The van der Waals surface area contributed by atoms with Crippen LogP contribution in [-0.2, 0) is 9.84 Å². The van der Waals surface area contributed by atoms with Gasteiger partial charge in [0.05, 0.1) is 11.5 Å². The van der Waals surface area contributed by atoms with Crippen molar-refractivity contribution in [2.45, 2.75) is 52.0 Å². The average molecular weight is 247 g/mol. The summed E-state index contributed by atoms with van der Waals surface area (Å²) in [5, 5.41) is 0. The maximum absolute atomic E-state index is 11.5. The molecule has 0 saturated carbocycles. The third kappa shape index (κ3) is 4.42. The van der Waals surface area contributed by atoms with Gasteiger partial charge in [-0.3, -0.25) is 4.90 Å². The van der Waals surface area contributed by atoms with Crippen LogP contribution in [0, 0.1) is 0 Å². The number of rotatable bonds is 7. The van der Waals surface area contributed by atoms with Gasteiger partial charge in [-0.2, -0.15) is 0 Å². The topological polar surface area (TPSA) is 37.4 Å². The highest BCUT2D eigenvalue weighted by molar-refractivity contribution is 7.91. The van der Waals surface area contributed by atoms with Crippen LogP contribution < -0.4 is 0 Å². The minimum absolute atomic E-state index is 0.295. The number of unbranched alkanes of at least 4 members (excludes halogenated alkanes) is 2. The van der Waals surface area contributed by atoms with E-state index in [9.17, 15) is 8.42 Å². The first kappa shape index (κ1) is 14.0. The lowest BCUT2D eigenvalue weighted by molar-refractivity contribution is 0.206. The molecular formula is C12H25NO2S. The largest absolute Gasteiger partial charge is 0.299 e. The summed E-state index contributed by atoms with van der Waals surface area (Å²) < 4.78 is 22.9. The van der Waals surface area contributed by atoms with Gasteiger partial charge in [-0.25, -0.2) is 8.42 Å². The minimum atomic E-state index is -2.73. The van der Waals surface area contributed by atoms with E-state index in [1.54, 1.807) is 0 Å². The zero-order valence-corrected chi connectivity index (χ0v) is 11.4. The standard InChI is InChI=1S/C12H25NO2S/c1-3-5-8-13(9-6-4-2)12-7-10-16(14,15)11-12/h12H,3-11H2,1-2H3/t12-/m0/s1. The normalized spacial score (nSPS) is 24.1. The molecule has 1 aliphatic heterocycles. The van der Waals surface area contributed by atoms with Gasteiger partial charge in [-0.05, 0) is 32.4 Å². The fourth-order valence-electron chi connectivity index (χ4n) is 2.26. The highest BCUT2D eigenvalue weighted by Crippen LogP contribution is 2.18. The monoisotopic (exact) mass is 247 g/mol. The van der Waals surface area contributed by atoms with Gasteiger partial charge in [0.1, 0.15) is 0 Å². The molecule has 0 aromatic carbocycles. The first-order valence-corrected chi connectivity index (χ1v) is 8.35. The molecule has 1 aliphatic rings. The van der Waals surface area contributed by atoms with Crippen LogP contribution in [0.1, 0.15) is 46.0 Å². The fourth-order valence-corrected chi connectivity index (χ4v) is 4.02. The van der Waals surface area contributed by atoms with Crippen LogP contribution in [0.25, 0.3) is 0 Å². The Morgan fingerprint density at radius 3 is 2.06 bits per heavy atom. The van der Waals surface area contributed by atoms with Gasteiger partial charge < -0.3 is 0 Å². The summed E-state index contributed by atoms with van der Waals surface area (Å²) in [6.07, 6.45) is 5.57. The number of hydrogen-bond donors (Lipinski definition) is 0. The lowest BCUT2D eigenvalue weighted by atomic mass is 10.2. The number of hydrogen-bond acceptors (Lipinski definition) is 3. The summed E-state index contributed by atoms with van der Waals surface area (Å²) in [5.41, 5.74) is 0. The highest BCUT2D eigenvalue weighted by atomic mass is 32.2.